The standard InChI is InChI=1S/C12H17N3O4S/c13-11-5-7-14(8-6-11)20(18,19)9-10-1-3-12(4-2-10)15(16)17/h1-4,11H,5-9,13H2. The summed E-state index contributed by atoms with van der Waals surface area (Å²) in [4.78, 5) is 10.0. The SMILES string of the molecule is NC1CCN(S(=O)(=O)Cc2ccc([N+](=O)[O-])cc2)CC1. The first-order valence-corrected chi connectivity index (χ1v) is 7.96. The van der Waals surface area contributed by atoms with Crippen molar-refractivity contribution >= 4 is 15.7 Å². The van der Waals surface area contributed by atoms with Crippen LogP contribution in [-0.4, -0.2) is 36.8 Å². The second-order valence-electron chi connectivity index (χ2n) is 4.92. The molecule has 0 radical (unpaired) electrons. The lowest BCUT2D eigenvalue weighted by atomic mass is 10.1. The van der Waals surface area contributed by atoms with Gasteiger partial charge in [0.2, 0.25) is 10.0 Å². The molecule has 0 bridgehead atoms. The van der Waals surface area contributed by atoms with Crippen LogP contribution in [0.2, 0.25) is 0 Å². The largest absolute Gasteiger partial charge is 0.328 e. The maximum atomic E-state index is 12.2. The van der Waals surface area contributed by atoms with Crippen molar-refractivity contribution in [3.8, 4) is 0 Å². The van der Waals surface area contributed by atoms with Gasteiger partial charge in [0.15, 0.2) is 0 Å². The summed E-state index contributed by atoms with van der Waals surface area (Å²) in [6.07, 6.45) is 1.33. The molecule has 0 aromatic heterocycles. The Kier molecular flexibility index (Phi) is 4.36. The number of piperidine rings is 1. The van der Waals surface area contributed by atoms with Gasteiger partial charge in [-0.3, -0.25) is 10.1 Å². The zero-order chi connectivity index (χ0) is 14.8. The lowest BCUT2D eigenvalue weighted by Gasteiger charge is -2.29. The number of sulfonamides is 1. The number of nitro groups is 1. The van der Waals surface area contributed by atoms with Crippen molar-refractivity contribution in [2.24, 2.45) is 5.73 Å². The normalized spacial score (nSPS) is 18.1. The molecule has 0 atom stereocenters. The van der Waals surface area contributed by atoms with E-state index in [0.29, 0.717) is 31.5 Å². The number of hydrogen-bond acceptors (Lipinski definition) is 5. The van der Waals surface area contributed by atoms with E-state index in [1.54, 1.807) is 0 Å². The van der Waals surface area contributed by atoms with Crippen molar-refractivity contribution in [1.29, 1.82) is 0 Å². The van der Waals surface area contributed by atoms with E-state index in [2.05, 4.69) is 0 Å². The van der Waals surface area contributed by atoms with E-state index >= 15 is 0 Å². The van der Waals surface area contributed by atoms with Gasteiger partial charge in [-0.2, -0.15) is 0 Å². The first kappa shape index (κ1) is 14.9. The van der Waals surface area contributed by atoms with Gasteiger partial charge in [-0.15, -0.1) is 0 Å². The predicted molar refractivity (Wildman–Crippen MR) is 74.5 cm³/mol. The molecule has 1 fully saturated rings. The minimum absolute atomic E-state index is 0.0462. The van der Waals surface area contributed by atoms with Crippen LogP contribution in [0.15, 0.2) is 24.3 Å². The van der Waals surface area contributed by atoms with Crippen LogP contribution >= 0.6 is 0 Å². The van der Waals surface area contributed by atoms with Crippen LogP contribution in [0.4, 0.5) is 5.69 Å². The molecule has 0 spiro atoms. The molecule has 20 heavy (non-hydrogen) atoms. The smallest absolute Gasteiger partial charge is 0.269 e. The Labute approximate surface area is 117 Å². The summed E-state index contributed by atoms with van der Waals surface area (Å²) in [5.74, 6) is -0.139. The van der Waals surface area contributed by atoms with Crippen molar-refractivity contribution in [2.75, 3.05) is 13.1 Å². The van der Waals surface area contributed by atoms with Crippen LogP contribution < -0.4 is 5.73 Å². The highest BCUT2D eigenvalue weighted by molar-refractivity contribution is 7.88. The lowest BCUT2D eigenvalue weighted by Crippen LogP contribution is -2.43. The first-order chi connectivity index (χ1) is 9.38. The van der Waals surface area contributed by atoms with Gasteiger partial charge in [0.25, 0.3) is 5.69 Å². The number of nitro benzene ring substituents is 1. The van der Waals surface area contributed by atoms with Crippen molar-refractivity contribution in [1.82, 2.24) is 4.31 Å². The number of rotatable bonds is 4. The zero-order valence-electron chi connectivity index (χ0n) is 10.9. The fourth-order valence-corrected chi connectivity index (χ4v) is 3.73. The summed E-state index contributed by atoms with van der Waals surface area (Å²) in [7, 11) is -3.38. The summed E-state index contributed by atoms with van der Waals surface area (Å²) >= 11 is 0. The Morgan fingerprint density at radius 1 is 1.25 bits per heavy atom. The molecule has 0 unspecified atom stereocenters. The maximum absolute atomic E-state index is 12.2. The van der Waals surface area contributed by atoms with Crippen LogP contribution in [0, 0.1) is 10.1 Å². The van der Waals surface area contributed by atoms with Gasteiger partial charge in [-0.1, -0.05) is 12.1 Å². The second-order valence-corrected chi connectivity index (χ2v) is 6.89. The van der Waals surface area contributed by atoms with Gasteiger partial charge in [0.1, 0.15) is 0 Å². The van der Waals surface area contributed by atoms with Crippen LogP contribution in [0.25, 0.3) is 0 Å². The van der Waals surface area contributed by atoms with E-state index in [-0.39, 0.29) is 17.5 Å². The highest BCUT2D eigenvalue weighted by Crippen LogP contribution is 2.18. The number of nitrogens with two attached hydrogens (primary N) is 1. The van der Waals surface area contributed by atoms with Crippen LogP contribution in [0.1, 0.15) is 18.4 Å². The molecule has 2 rings (SSSR count). The Morgan fingerprint density at radius 3 is 2.30 bits per heavy atom. The Hall–Kier alpha value is -1.51. The predicted octanol–water partition coefficient (Wildman–Crippen LogP) is 0.848. The summed E-state index contributed by atoms with van der Waals surface area (Å²) in [6.45, 7) is 0.882. The molecule has 8 heteroatoms. The highest BCUT2D eigenvalue weighted by Gasteiger charge is 2.26. The molecule has 0 aliphatic carbocycles. The van der Waals surface area contributed by atoms with Crippen molar-refractivity contribution in [2.45, 2.75) is 24.6 Å². The molecule has 2 N–H and O–H groups in total. The topological polar surface area (TPSA) is 107 Å². The molecule has 1 aromatic rings. The molecule has 0 saturated carbocycles. The molecule has 1 aliphatic rings. The minimum atomic E-state index is -3.38. The van der Waals surface area contributed by atoms with Crippen LogP contribution in [-0.2, 0) is 15.8 Å². The quantitative estimate of drug-likeness (QED) is 0.655. The van der Waals surface area contributed by atoms with Crippen molar-refractivity contribution in [3.05, 3.63) is 39.9 Å². The monoisotopic (exact) mass is 299 g/mol. The van der Waals surface area contributed by atoms with Gasteiger partial charge < -0.3 is 5.73 Å². The molecular formula is C12H17N3O4S. The fraction of sp³-hybridized carbons (Fsp3) is 0.500. The molecule has 110 valence electrons. The minimum Gasteiger partial charge on any atom is -0.328 e. The maximum Gasteiger partial charge on any atom is 0.269 e. The highest BCUT2D eigenvalue weighted by atomic mass is 32.2. The fourth-order valence-electron chi connectivity index (χ4n) is 2.17. The Balaban J connectivity index is 2.06. The first-order valence-electron chi connectivity index (χ1n) is 6.35. The summed E-state index contributed by atoms with van der Waals surface area (Å²) in [5, 5.41) is 10.5. The molecule has 1 aromatic carbocycles. The third kappa shape index (κ3) is 3.53. The molecule has 0 amide bonds. The van der Waals surface area contributed by atoms with E-state index in [0.717, 1.165) is 0 Å². The molecule has 1 heterocycles. The molecular weight excluding hydrogens is 282 g/mol. The van der Waals surface area contributed by atoms with Gasteiger partial charge >= 0.3 is 0 Å². The van der Waals surface area contributed by atoms with Gasteiger partial charge in [-0.25, -0.2) is 12.7 Å². The van der Waals surface area contributed by atoms with E-state index in [9.17, 15) is 18.5 Å². The third-order valence-corrected chi connectivity index (χ3v) is 5.24. The summed E-state index contributed by atoms with van der Waals surface area (Å²) in [6, 6.07) is 5.66. The number of hydrogen-bond donors (Lipinski definition) is 1. The Morgan fingerprint density at radius 2 is 1.80 bits per heavy atom. The summed E-state index contributed by atoms with van der Waals surface area (Å²) in [5.41, 5.74) is 6.25. The van der Waals surface area contributed by atoms with Crippen LogP contribution in [0.5, 0.6) is 0 Å². The summed E-state index contributed by atoms with van der Waals surface area (Å²) < 4.78 is 25.9. The van der Waals surface area contributed by atoms with E-state index in [1.807, 2.05) is 0 Å². The van der Waals surface area contributed by atoms with Gasteiger partial charge in [-0.05, 0) is 18.4 Å². The lowest BCUT2D eigenvalue weighted by molar-refractivity contribution is -0.384. The average molecular weight is 299 g/mol. The number of non-ortho nitro benzene ring substituents is 1. The molecule has 1 aliphatic heterocycles. The molecule has 7 nitrogen and oxygen atoms in total. The molecule has 1 saturated heterocycles. The van der Waals surface area contributed by atoms with Crippen molar-refractivity contribution < 1.29 is 13.3 Å². The van der Waals surface area contributed by atoms with E-state index in [1.165, 1.54) is 28.6 Å². The Bertz CT molecular complexity index is 577. The average Bonchev–Trinajstić information content (AvgIpc) is 2.39. The van der Waals surface area contributed by atoms with Gasteiger partial charge in [0, 0.05) is 31.3 Å². The van der Waals surface area contributed by atoms with E-state index < -0.39 is 14.9 Å². The zero-order valence-corrected chi connectivity index (χ0v) is 11.8. The number of benzene rings is 1. The van der Waals surface area contributed by atoms with Crippen LogP contribution in [0.3, 0.4) is 0 Å². The van der Waals surface area contributed by atoms with E-state index in [4.69, 9.17) is 5.73 Å². The third-order valence-electron chi connectivity index (χ3n) is 3.39. The van der Waals surface area contributed by atoms with Gasteiger partial charge in [0.05, 0.1) is 10.7 Å². The van der Waals surface area contributed by atoms with Crippen molar-refractivity contribution in [3.63, 3.8) is 0 Å². The second kappa shape index (κ2) is 5.86. The number of nitrogens with zero attached hydrogens (tertiary/aromatic N) is 2.